The Balaban J connectivity index is 1.45. The van der Waals surface area contributed by atoms with Crippen LogP contribution in [0.2, 0.25) is 0 Å². The van der Waals surface area contributed by atoms with Gasteiger partial charge in [0.25, 0.3) is 5.91 Å². The van der Waals surface area contributed by atoms with Gasteiger partial charge in [0.15, 0.2) is 5.76 Å². The monoisotopic (exact) mass is 528 g/mol. The van der Waals surface area contributed by atoms with E-state index in [4.69, 9.17) is 4.42 Å². The Morgan fingerprint density at radius 3 is 2.40 bits per heavy atom. The fourth-order valence-corrected chi connectivity index (χ4v) is 4.62. The Kier molecular flexibility index (Phi) is 5.99. The van der Waals surface area contributed by atoms with Crippen molar-refractivity contribution in [1.82, 2.24) is 10.3 Å². The second-order valence-electron chi connectivity index (χ2n) is 8.85. The summed E-state index contributed by atoms with van der Waals surface area (Å²) in [7, 11) is 0. The lowest BCUT2D eigenvalue weighted by Gasteiger charge is -2.27. The maximum absolute atomic E-state index is 13.3. The topological polar surface area (TPSA) is 55.1 Å². The first kappa shape index (κ1) is 23.0. The molecule has 174 valence electrons. The molecule has 6 heteroatoms. The Labute approximate surface area is 211 Å². The zero-order valence-corrected chi connectivity index (χ0v) is 20.8. The van der Waals surface area contributed by atoms with Gasteiger partial charge in [-0.3, -0.25) is 4.79 Å². The Morgan fingerprint density at radius 2 is 1.66 bits per heavy atom. The summed E-state index contributed by atoms with van der Waals surface area (Å²) in [5.41, 5.74) is 4.00. The van der Waals surface area contributed by atoms with Crippen LogP contribution in [0.1, 0.15) is 29.8 Å². The summed E-state index contributed by atoms with van der Waals surface area (Å²) in [4.78, 5) is 17.6. The third-order valence-electron chi connectivity index (χ3n) is 5.97. The van der Waals surface area contributed by atoms with Gasteiger partial charge in [0.1, 0.15) is 5.82 Å². The van der Waals surface area contributed by atoms with E-state index < -0.39 is 5.54 Å². The maximum atomic E-state index is 13.3. The minimum atomic E-state index is -0.521. The van der Waals surface area contributed by atoms with Gasteiger partial charge >= 0.3 is 0 Å². The molecule has 1 N–H and O–H groups in total. The number of carbonyl (C=O) groups excluding carboxylic acids is 1. The molecule has 3 aromatic carbocycles. The molecule has 5 rings (SSSR count). The molecule has 0 fully saturated rings. The van der Waals surface area contributed by atoms with Crippen LogP contribution in [0.15, 0.2) is 100 Å². The van der Waals surface area contributed by atoms with Gasteiger partial charge in [-0.25, -0.2) is 9.37 Å². The number of pyridine rings is 1. The minimum Gasteiger partial charge on any atom is -0.436 e. The number of hydrogen-bond donors (Lipinski definition) is 1. The number of aromatic nitrogens is 1. The molecule has 35 heavy (non-hydrogen) atoms. The van der Waals surface area contributed by atoms with Crippen molar-refractivity contribution in [3.63, 3.8) is 0 Å². The maximum Gasteiger partial charge on any atom is 0.251 e. The van der Waals surface area contributed by atoms with Gasteiger partial charge in [0, 0.05) is 22.9 Å². The molecule has 0 saturated heterocycles. The highest BCUT2D eigenvalue weighted by Crippen LogP contribution is 2.38. The molecule has 0 atom stereocenters. The Morgan fingerprint density at radius 1 is 0.914 bits per heavy atom. The Hall–Kier alpha value is -3.77. The van der Waals surface area contributed by atoms with Crippen LogP contribution in [0.5, 0.6) is 0 Å². The number of rotatable bonds is 5. The molecule has 0 bridgehead atoms. The highest BCUT2D eigenvalue weighted by molar-refractivity contribution is 9.10. The molecule has 0 aliphatic rings. The first-order valence-electron chi connectivity index (χ1n) is 11.1. The van der Waals surface area contributed by atoms with E-state index in [1.54, 1.807) is 24.4 Å². The molecule has 1 amide bonds. The molecule has 5 aromatic rings. The standard InChI is InChI=1S/C29H22BrFN2O2/c1-29(2,22-9-4-3-5-10-22)33-27(34)20-8-6-7-19(15-20)21-16-24-25(30)26(35-28(24)32-17-21)18-11-13-23(31)14-12-18/h3-17H,1-2H3,(H,33,34). The van der Waals surface area contributed by atoms with Gasteiger partial charge in [-0.1, -0.05) is 42.5 Å². The van der Waals surface area contributed by atoms with Gasteiger partial charge in [-0.15, -0.1) is 0 Å². The lowest BCUT2D eigenvalue weighted by Crippen LogP contribution is -2.40. The normalized spacial score (nSPS) is 11.5. The average molecular weight is 529 g/mol. The fraction of sp³-hybridized carbons (Fsp3) is 0.103. The number of nitrogens with one attached hydrogen (secondary N) is 1. The summed E-state index contributed by atoms with van der Waals surface area (Å²) >= 11 is 3.62. The highest BCUT2D eigenvalue weighted by atomic mass is 79.9. The van der Waals surface area contributed by atoms with Crippen LogP contribution in [0, 0.1) is 5.82 Å². The number of hydrogen-bond acceptors (Lipinski definition) is 3. The van der Waals surface area contributed by atoms with E-state index in [9.17, 15) is 9.18 Å². The van der Waals surface area contributed by atoms with E-state index >= 15 is 0 Å². The van der Waals surface area contributed by atoms with Crippen molar-refractivity contribution in [3.8, 4) is 22.5 Å². The van der Waals surface area contributed by atoms with Crippen molar-refractivity contribution in [1.29, 1.82) is 0 Å². The second kappa shape index (κ2) is 9.12. The molecule has 0 aliphatic heterocycles. The molecule has 0 saturated carbocycles. The largest absolute Gasteiger partial charge is 0.436 e. The number of furan rings is 1. The molecular formula is C29H22BrFN2O2. The van der Waals surface area contributed by atoms with Gasteiger partial charge in [-0.2, -0.15) is 0 Å². The van der Waals surface area contributed by atoms with Crippen LogP contribution < -0.4 is 5.32 Å². The highest BCUT2D eigenvalue weighted by Gasteiger charge is 2.23. The lowest BCUT2D eigenvalue weighted by atomic mass is 9.93. The van der Waals surface area contributed by atoms with Crippen LogP contribution in [0.4, 0.5) is 4.39 Å². The van der Waals surface area contributed by atoms with Gasteiger partial charge in [0.2, 0.25) is 5.71 Å². The lowest BCUT2D eigenvalue weighted by molar-refractivity contribution is 0.0912. The second-order valence-corrected chi connectivity index (χ2v) is 9.65. The van der Waals surface area contributed by atoms with Crippen LogP contribution >= 0.6 is 15.9 Å². The third kappa shape index (κ3) is 4.62. The van der Waals surface area contributed by atoms with Crippen molar-refractivity contribution < 1.29 is 13.6 Å². The predicted octanol–water partition coefficient (Wildman–Crippen LogP) is 7.73. The van der Waals surface area contributed by atoms with E-state index in [-0.39, 0.29) is 11.7 Å². The quantitative estimate of drug-likeness (QED) is 0.254. The van der Waals surface area contributed by atoms with E-state index in [0.29, 0.717) is 17.0 Å². The predicted molar refractivity (Wildman–Crippen MR) is 139 cm³/mol. The van der Waals surface area contributed by atoms with Crippen molar-refractivity contribution in [2.45, 2.75) is 19.4 Å². The van der Waals surface area contributed by atoms with Crippen molar-refractivity contribution in [3.05, 3.63) is 113 Å². The molecule has 2 heterocycles. The molecule has 2 aromatic heterocycles. The van der Waals surface area contributed by atoms with E-state index in [0.717, 1.165) is 32.1 Å². The Bertz CT molecular complexity index is 1530. The number of benzene rings is 3. The van der Waals surface area contributed by atoms with Crippen molar-refractivity contribution in [2.75, 3.05) is 0 Å². The summed E-state index contributed by atoms with van der Waals surface area (Å²) in [5, 5.41) is 3.92. The molecule has 4 nitrogen and oxygen atoms in total. The first-order valence-corrected chi connectivity index (χ1v) is 11.9. The van der Waals surface area contributed by atoms with Crippen molar-refractivity contribution >= 4 is 32.9 Å². The summed E-state index contributed by atoms with van der Waals surface area (Å²) in [6, 6.07) is 25.4. The molecule has 0 aliphatic carbocycles. The van der Waals surface area contributed by atoms with E-state index in [1.807, 2.05) is 68.4 Å². The van der Waals surface area contributed by atoms with Gasteiger partial charge in [-0.05, 0) is 83.4 Å². The number of fused-ring (bicyclic) bond motifs is 1. The van der Waals surface area contributed by atoms with Gasteiger partial charge in [0.05, 0.1) is 15.4 Å². The average Bonchev–Trinajstić information content (AvgIpc) is 3.20. The number of amides is 1. The summed E-state index contributed by atoms with van der Waals surface area (Å²) < 4.78 is 20.0. The summed E-state index contributed by atoms with van der Waals surface area (Å²) in [6.45, 7) is 3.97. The summed E-state index contributed by atoms with van der Waals surface area (Å²) in [5.74, 6) is 0.121. The van der Waals surface area contributed by atoms with Crippen LogP contribution in [0.25, 0.3) is 33.6 Å². The van der Waals surface area contributed by atoms with E-state index in [2.05, 4.69) is 26.2 Å². The first-order chi connectivity index (χ1) is 16.8. The van der Waals surface area contributed by atoms with E-state index in [1.165, 1.54) is 12.1 Å². The fourth-order valence-electron chi connectivity index (χ4n) is 4.02. The molecule has 0 unspecified atom stereocenters. The number of carbonyl (C=O) groups is 1. The third-order valence-corrected chi connectivity index (χ3v) is 6.76. The zero-order valence-electron chi connectivity index (χ0n) is 19.2. The SMILES string of the molecule is CC(C)(NC(=O)c1cccc(-c2cnc3oc(-c4ccc(F)cc4)c(Br)c3c2)c1)c1ccccc1. The van der Waals surface area contributed by atoms with Crippen LogP contribution in [-0.2, 0) is 5.54 Å². The number of halogens is 2. The smallest absolute Gasteiger partial charge is 0.251 e. The summed E-state index contributed by atoms with van der Waals surface area (Å²) in [6.07, 6.45) is 1.72. The zero-order chi connectivity index (χ0) is 24.6. The van der Waals surface area contributed by atoms with Crippen LogP contribution in [0.3, 0.4) is 0 Å². The molecule has 0 spiro atoms. The molecular weight excluding hydrogens is 507 g/mol. The minimum absolute atomic E-state index is 0.155. The molecule has 0 radical (unpaired) electrons. The van der Waals surface area contributed by atoms with Crippen LogP contribution in [-0.4, -0.2) is 10.9 Å². The number of nitrogens with zero attached hydrogens (tertiary/aromatic N) is 1. The van der Waals surface area contributed by atoms with Gasteiger partial charge < -0.3 is 9.73 Å². The van der Waals surface area contributed by atoms with Crippen molar-refractivity contribution in [2.24, 2.45) is 0 Å².